The maximum absolute atomic E-state index is 12.7. The van der Waals surface area contributed by atoms with E-state index in [2.05, 4.69) is 13.8 Å². The average molecular weight is 529 g/mol. The minimum atomic E-state index is -1.34. The van der Waals surface area contributed by atoms with Crippen LogP contribution in [0.2, 0.25) is 0 Å². The van der Waals surface area contributed by atoms with Gasteiger partial charge in [-0.15, -0.1) is 0 Å². The van der Waals surface area contributed by atoms with Gasteiger partial charge in [-0.3, -0.25) is 4.79 Å². The van der Waals surface area contributed by atoms with Crippen LogP contribution in [0.1, 0.15) is 80.4 Å². The van der Waals surface area contributed by atoms with Crippen molar-refractivity contribution in [2.45, 2.75) is 78.9 Å². The van der Waals surface area contributed by atoms with Crippen LogP contribution in [0.3, 0.4) is 0 Å². The van der Waals surface area contributed by atoms with Crippen LogP contribution >= 0.6 is 0 Å². The molecule has 1 aliphatic heterocycles. The van der Waals surface area contributed by atoms with Crippen molar-refractivity contribution < 1.29 is 38.4 Å². The third-order valence-electron chi connectivity index (χ3n) is 6.45. The molecule has 1 atom stereocenters. The summed E-state index contributed by atoms with van der Waals surface area (Å²) in [7, 11) is 1.59. The first-order valence-electron chi connectivity index (χ1n) is 13.5. The summed E-state index contributed by atoms with van der Waals surface area (Å²) in [5, 5.41) is 8.97. The van der Waals surface area contributed by atoms with Crippen molar-refractivity contribution in [1.29, 1.82) is 0 Å². The van der Waals surface area contributed by atoms with Gasteiger partial charge in [0, 0.05) is 29.9 Å². The Balaban J connectivity index is 1.66. The number of ether oxygens (including phenoxy) is 5. The van der Waals surface area contributed by atoms with Crippen LogP contribution in [0, 0.1) is 5.92 Å². The van der Waals surface area contributed by atoms with E-state index in [4.69, 9.17) is 28.8 Å². The molecule has 0 bridgehead atoms. The van der Waals surface area contributed by atoms with E-state index in [0.29, 0.717) is 49.5 Å². The highest BCUT2D eigenvalue weighted by atomic mass is 16.8. The fourth-order valence-electron chi connectivity index (χ4n) is 4.68. The second-order valence-electron chi connectivity index (χ2n) is 9.69. The SMILES string of the molecule is CCCc1c(OCCCOc2ccc(C(=O)C(C)C)c(OC)c2CCC)ccc2c1OC(OC(=O)O)CC2. The molecule has 0 spiro atoms. The van der Waals surface area contributed by atoms with Gasteiger partial charge in [0.05, 0.1) is 25.9 Å². The van der Waals surface area contributed by atoms with Crippen LogP contribution in [0.4, 0.5) is 4.79 Å². The van der Waals surface area contributed by atoms with Crippen LogP contribution in [0.15, 0.2) is 24.3 Å². The predicted octanol–water partition coefficient (Wildman–Crippen LogP) is 6.63. The van der Waals surface area contributed by atoms with Crippen molar-refractivity contribution in [2.24, 2.45) is 5.92 Å². The molecule has 0 saturated heterocycles. The number of aryl methyl sites for hydroxylation is 1. The minimum Gasteiger partial charge on any atom is -0.496 e. The van der Waals surface area contributed by atoms with Crippen LogP contribution in [-0.4, -0.2) is 43.7 Å². The number of hydrogen-bond donors (Lipinski definition) is 1. The highest BCUT2D eigenvalue weighted by Gasteiger charge is 2.27. The molecule has 0 saturated carbocycles. The molecule has 1 N–H and O–H groups in total. The molecular weight excluding hydrogens is 488 g/mol. The van der Waals surface area contributed by atoms with Gasteiger partial charge < -0.3 is 28.8 Å². The maximum atomic E-state index is 12.7. The molecule has 1 unspecified atom stereocenters. The van der Waals surface area contributed by atoms with Gasteiger partial charge in [-0.1, -0.05) is 46.6 Å². The Morgan fingerprint density at radius 3 is 2.24 bits per heavy atom. The molecule has 2 aromatic rings. The largest absolute Gasteiger partial charge is 0.508 e. The molecule has 0 aliphatic carbocycles. The van der Waals surface area contributed by atoms with E-state index in [1.165, 1.54) is 0 Å². The van der Waals surface area contributed by atoms with Gasteiger partial charge in [0.2, 0.25) is 6.29 Å². The fourth-order valence-corrected chi connectivity index (χ4v) is 4.68. The number of carbonyl (C=O) groups excluding carboxylic acids is 1. The number of Topliss-reactive ketones (excluding diaryl/α,β-unsaturated/α-hetero) is 1. The summed E-state index contributed by atoms with van der Waals surface area (Å²) < 4.78 is 28.7. The van der Waals surface area contributed by atoms with Crippen molar-refractivity contribution in [2.75, 3.05) is 20.3 Å². The first-order chi connectivity index (χ1) is 18.3. The van der Waals surface area contributed by atoms with Gasteiger partial charge in [0.25, 0.3) is 0 Å². The summed E-state index contributed by atoms with van der Waals surface area (Å²) in [5.74, 6) is 2.66. The smallest absolute Gasteiger partial charge is 0.496 e. The van der Waals surface area contributed by atoms with Gasteiger partial charge in [-0.05, 0) is 43.0 Å². The molecule has 0 radical (unpaired) electrons. The van der Waals surface area contributed by atoms with E-state index >= 15 is 0 Å². The molecule has 8 heteroatoms. The lowest BCUT2D eigenvalue weighted by Gasteiger charge is -2.27. The van der Waals surface area contributed by atoms with Crippen molar-refractivity contribution >= 4 is 11.9 Å². The molecular formula is C30H40O8. The molecule has 0 aromatic heterocycles. The zero-order valence-electron chi connectivity index (χ0n) is 23.1. The van der Waals surface area contributed by atoms with Crippen molar-refractivity contribution in [3.63, 3.8) is 0 Å². The number of carboxylic acid groups (broad SMARTS) is 1. The number of ketones is 1. The van der Waals surface area contributed by atoms with Crippen LogP contribution in [0.25, 0.3) is 0 Å². The summed E-state index contributed by atoms with van der Waals surface area (Å²) >= 11 is 0. The van der Waals surface area contributed by atoms with Crippen LogP contribution < -0.4 is 18.9 Å². The van der Waals surface area contributed by atoms with Crippen LogP contribution in [0.5, 0.6) is 23.0 Å². The number of benzene rings is 2. The summed E-state index contributed by atoms with van der Waals surface area (Å²) in [6, 6.07) is 7.58. The number of fused-ring (bicyclic) bond motifs is 1. The van der Waals surface area contributed by atoms with E-state index in [-0.39, 0.29) is 11.7 Å². The molecule has 1 heterocycles. The van der Waals surface area contributed by atoms with E-state index < -0.39 is 12.4 Å². The lowest BCUT2D eigenvalue weighted by Crippen LogP contribution is -2.28. The third-order valence-corrected chi connectivity index (χ3v) is 6.45. The molecule has 8 nitrogen and oxygen atoms in total. The van der Waals surface area contributed by atoms with Gasteiger partial charge >= 0.3 is 6.16 Å². The predicted molar refractivity (Wildman–Crippen MR) is 144 cm³/mol. The van der Waals surface area contributed by atoms with Gasteiger partial charge in [-0.2, -0.15) is 0 Å². The highest BCUT2D eigenvalue weighted by Crippen LogP contribution is 2.38. The first kappa shape index (κ1) is 29.1. The third kappa shape index (κ3) is 7.11. The van der Waals surface area contributed by atoms with E-state index in [9.17, 15) is 9.59 Å². The number of methoxy groups -OCH3 is 1. The average Bonchev–Trinajstić information content (AvgIpc) is 2.89. The van der Waals surface area contributed by atoms with E-state index in [1.54, 1.807) is 13.2 Å². The Kier molecular flexibility index (Phi) is 10.7. The highest BCUT2D eigenvalue weighted by molar-refractivity contribution is 6.00. The molecule has 38 heavy (non-hydrogen) atoms. The number of carbonyl (C=O) groups is 2. The van der Waals surface area contributed by atoms with Crippen molar-refractivity contribution in [1.82, 2.24) is 0 Å². The molecule has 0 amide bonds. The molecule has 0 fully saturated rings. The minimum absolute atomic E-state index is 0.0527. The normalized spacial score (nSPS) is 14.4. The Bertz CT molecular complexity index is 1110. The van der Waals surface area contributed by atoms with Crippen molar-refractivity contribution in [3.05, 3.63) is 46.5 Å². The monoisotopic (exact) mass is 528 g/mol. The Morgan fingerprint density at radius 2 is 1.63 bits per heavy atom. The molecule has 1 aliphatic rings. The molecule has 208 valence electrons. The van der Waals surface area contributed by atoms with E-state index in [0.717, 1.165) is 53.9 Å². The zero-order chi connectivity index (χ0) is 27.7. The summed E-state index contributed by atoms with van der Waals surface area (Å²) in [4.78, 5) is 23.6. The molecule has 2 aromatic carbocycles. The quantitative estimate of drug-likeness (QED) is 0.166. The Labute approximate surface area is 225 Å². The Hall–Kier alpha value is -3.42. The van der Waals surface area contributed by atoms with Gasteiger partial charge in [0.1, 0.15) is 23.0 Å². The molecule has 3 rings (SSSR count). The number of rotatable bonds is 14. The van der Waals surface area contributed by atoms with Gasteiger partial charge in [0.15, 0.2) is 5.78 Å². The van der Waals surface area contributed by atoms with Gasteiger partial charge in [-0.25, -0.2) is 4.79 Å². The van der Waals surface area contributed by atoms with Crippen LogP contribution in [-0.2, 0) is 24.0 Å². The lowest BCUT2D eigenvalue weighted by atomic mass is 9.96. The van der Waals surface area contributed by atoms with Crippen molar-refractivity contribution in [3.8, 4) is 23.0 Å². The maximum Gasteiger partial charge on any atom is 0.508 e. The second-order valence-corrected chi connectivity index (χ2v) is 9.69. The second kappa shape index (κ2) is 13.9. The summed E-state index contributed by atoms with van der Waals surface area (Å²) in [5.41, 5.74) is 3.48. The fraction of sp³-hybridized carbons (Fsp3) is 0.533. The lowest BCUT2D eigenvalue weighted by molar-refractivity contribution is -0.0640. The topological polar surface area (TPSA) is 101 Å². The summed E-state index contributed by atoms with van der Waals surface area (Å²) in [6.45, 7) is 8.81. The number of hydrogen-bond acceptors (Lipinski definition) is 7. The zero-order valence-corrected chi connectivity index (χ0v) is 23.1. The first-order valence-corrected chi connectivity index (χ1v) is 13.5. The standard InChI is InChI=1S/C30H40O8/c1-6-9-21-24(14-11-20-12-16-26(37-28(20)21)38-30(32)33)35-17-8-18-36-25-15-13-23(27(31)19(3)4)29(34-5)22(25)10-7-2/h11,13-15,19,26H,6-10,12,16-18H2,1-5H3,(H,32,33). The summed E-state index contributed by atoms with van der Waals surface area (Å²) in [6.07, 6.45) is 2.94. The van der Waals surface area contributed by atoms with E-state index in [1.807, 2.05) is 32.0 Å². The Morgan fingerprint density at radius 1 is 1.00 bits per heavy atom.